The van der Waals surface area contributed by atoms with Gasteiger partial charge in [0.25, 0.3) is 11.6 Å². The van der Waals surface area contributed by atoms with Gasteiger partial charge in [-0.2, -0.15) is 4.98 Å². The monoisotopic (exact) mass is 275 g/mol. The Balaban J connectivity index is 1.83. The number of rotatable bonds is 2. The number of nitrogen functional groups attached to an aromatic ring is 1. The Morgan fingerprint density at radius 1 is 1.20 bits per heavy atom. The van der Waals surface area contributed by atoms with Gasteiger partial charge in [-0.1, -0.05) is 0 Å². The SMILES string of the molecule is COc1nc(N)c(C23CC4CC(CC(C4)C2)C3)c(=O)[nH]1. The molecule has 0 aliphatic heterocycles. The van der Waals surface area contributed by atoms with Gasteiger partial charge in [-0.25, -0.2) is 0 Å². The van der Waals surface area contributed by atoms with Crippen molar-refractivity contribution in [3.63, 3.8) is 0 Å². The highest BCUT2D eigenvalue weighted by Gasteiger charge is 2.53. The van der Waals surface area contributed by atoms with E-state index in [9.17, 15) is 4.79 Å². The molecule has 0 radical (unpaired) electrons. The molecule has 4 aliphatic rings. The molecule has 5 nitrogen and oxygen atoms in total. The molecule has 4 bridgehead atoms. The van der Waals surface area contributed by atoms with E-state index in [0.717, 1.165) is 42.6 Å². The highest BCUT2D eigenvalue weighted by atomic mass is 16.5. The summed E-state index contributed by atoms with van der Waals surface area (Å²) in [6.07, 6.45) is 7.38. The predicted octanol–water partition coefficient (Wildman–Crippen LogP) is 1.83. The smallest absolute Gasteiger partial charge is 0.298 e. The molecule has 1 aromatic rings. The molecule has 5 heteroatoms. The van der Waals surface area contributed by atoms with E-state index in [0.29, 0.717) is 5.82 Å². The van der Waals surface area contributed by atoms with Gasteiger partial charge in [-0.15, -0.1) is 0 Å². The van der Waals surface area contributed by atoms with Crippen LogP contribution in [0, 0.1) is 17.8 Å². The second kappa shape index (κ2) is 3.99. The van der Waals surface area contributed by atoms with Crippen LogP contribution in [0.2, 0.25) is 0 Å². The van der Waals surface area contributed by atoms with Gasteiger partial charge in [-0.05, 0) is 56.3 Å². The van der Waals surface area contributed by atoms with E-state index in [1.807, 2.05) is 0 Å². The Hall–Kier alpha value is -1.52. The maximum atomic E-state index is 12.5. The van der Waals surface area contributed by atoms with Gasteiger partial charge >= 0.3 is 0 Å². The summed E-state index contributed by atoms with van der Waals surface area (Å²) in [4.78, 5) is 19.4. The first kappa shape index (κ1) is 12.2. The van der Waals surface area contributed by atoms with E-state index >= 15 is 0 Å². The van der Waals surface area contributed by atoms with Crippen LogP contribution in [-0.2, 0) is 5.41 Å². The van der Waals surface area contributed by atoms with Gasteiger partial charge in [0, 0.05) is 5.41 Å². The lowest BCUT2D eigenvalue weighted by Crippen LogP contribution is -2.51. The molecule has 4 fully saturated rings. The lowest BCUT2D eigenvalue weighted by atomic mass is 9.48. The number of nitrogens with one attached hydrogen (secondary N) is 1. The molecule has 0 unspecified atom stereocenters. The summed E-state index contributed by atoms with van der Waals surface area (Å²) in [6, 6.07) is 0.209. The summed E-state index contributed by atoms with van der Waals surface area (Å²) in [5.74, 6) is 2.71. The Kier molecular flexibility index (Phi) is 2.44. The van der Waals surface area contributed by atoms with Crippen LogP contribution in [0.5, 0.6) is 6.01 Å². The third-order valence-corrected chi connectivity index (χ3v) is 5.69. The van der Waals surface area contributed by atoms with Gasteiger partial charge in [0.1, 0.15) is 5.82 Å². The molecule has 3 N–H and O–H groups in total. The molecule has 1 heterocycles. The largest absolute Gasteiger partial charge is 0.468 e. The predicted molar refractivity (Wildman–Crippen MR) is 75.7 cm³/mol. The molecule has 0 saturated heterocycles. The molecule has 0 amide bonds. The van der Waals surface area contributed by atoms with Gasteiger partial charge in [0.05, 0.1) is 12.7 Å². The fraction of sp³-hybridized carbons (Fsp3) is 0.733. The van der Waals surface area contributed by atoms with Crippen LogP contribution in [0.1, 0.15) is 44.1 Å². The van der Waals surface area contributed by atoms with E-state index < -0.39 is 0 Å². The van der Waals surface area contributed by atoms with Crippen LogP contribution in [0.15, 0.2) is 4.79 Å². The number of ether oxygens (including phenoxy) is 1. The summed E-state index contributed by atoms with van der Waals surface area (Å²) in [6.45, 7) is 0. The van der Waals surface area contributed by atoms with Crippen molar-refractivity contribution in [1.82, 2.24) is 9.97 Å². The van der Waals surface area contributed by atoms with Crippen molar-refractivity contribution in [2.75, 3.05) is 12.8 Å². The van der Waals surface area contributed by atoms with Crippen molar-refractivity contribution in [2.45, 2.75) is 43.9 Å². The molecule has 0 spiro atoms. The number of nitrogens with zero attached hydrogens (tertiary/aromatic N) is 1. The number of hydrogen-bond acceptors (Lipinski definition) is 4. The van der Waals surface area contributed by atoms with E-state index in [-0.39, 0.29) is 17.0 Å². The van der Waals surface area contributed by atoms with Gasteiger partial charge in [0.15, 0.2) is 0 Å². The molecule has 4 saturated carbocycles. The van der Waals surface area contributed by atoms with Gasteiger partial charge in [0.2, 0.25) is 0 Å². The van der Waals surface area contributed by atoms with Crippen molar-refractivity contribution in [3.8, 4) is 6.01 Å². The number of H-pyrrole nitrogens is 1. The van der Waals surface area contributed by atoms with E-state index in [2.05, 4.69) is 9.97 Å². The summed E-state index contributed by atoms with van der Waals surface area (Å²) >= 11 is 0. The van der Waals surface area contributed by atoms with Gasteiger partial charge < -0.3 is 10.5 Å². The van der Waals surface area contributed by atoms with E-state index in [1.54, 1.807) is 0 Å². The molecule has 0 atom stereocenters. The Morgan fingerprint density at radius 3 is 2.20 bits per heavy atom. The fourth-order valence-corrected chi connectivity index (χ4v) is 5.50. The first-order valence-electron chi connectivity index (χ1n) is 7.54. The highest BCUT2D eigenvalue weighted by molar-refractivity contribution is 5.45. The Labute approximate surface area is 117 Å². The first-order chi connectivity index (χ1) is 9.59. The third-order valence-electron chi connectivity index (χ3n) is 5.69. The molecule has 4 aliphatic carbocycles. The zero-order chi connectivity index (χ0) is 13.9. The number of aromatic nitrogens is 2. The van der Waals surface area contributed by atoms with Crippen LogP contribution < -0.4 is 16.0 Å². The van der Waals surface area contributed by atoms with Crippen molar-refractivity contribution in [1.29, 1.82) is 0 Å². The van der Waals surface area contributed by atoms with Crippen molar-refractivity contribution in [3.05, 3.63) is 15.9 Å². The van der Waals surface area contributed by atoms with Gasteiger partial charge in [-0.3, -0.25) is 9.78 Å². The normalized spacial score (nSPS) is 38.1. The number of aromatic amines is 1. The molecule has 0 aromatic carbocycles. The second-order valence-electron chi connectivity index (χ2n) is 7.03. The number of methoxy groups -OCH3 is 1. The molecule has 1 aromatic heterocycles. The third kappa shape index (κ3) is 1.61. The lowest BCUT2D eigenvalue weighted by molar-refractivity contribution is -0.00565. The molecular formula is C15H21N3O2. The minimum atomic E-state index is -0.101. The zero-order valence-electron chi connectivity index (χ0n) is 11.8. The van der Waals surface area contributed by atoms with Crippen molar-refractivity contribution < 1.29 is 4.74 Å². The Bertz CT molecular complexity index is 572. The summed E-state index contributed by atoms with van der Waals surface area (Å²) < 4.78 is 5.00. The lowest BCUT2D eigenvalue weighted by Gasteiger charge is -2.56. The minimum absolute atomic E-state index is 0.0221. The summed E-state index contributed by atoms with van der Waals surface area (Å²) in [7, 11) is 1.49. The van der Waals surface area contributed by atoms with E-state index in [1.165, 1.54) is 26.4 Å². The van der Waals surface area contributed by atoms with Crippen LogP contribution in [-0.4, -0.2) is 17.1 Å². The zero-order valence-corrected chi connectivity index (χ0v) is 11.8. The highest BCUT2D eigenvalue weighted by Crippen LogP contribution is 2.60. The van der Waals surface area contributed by atoms with Crippen LogP contribution in [0.4, 0.5) is 5.82 Å². The van der Waals surface area contributed by atoms with Crippen LogP contribution in [0.3, 0.4) is 0 Å². The molecule has 5 rings (SSSR count). The summed E-state index contributed by atoms with van der Waals surface area (Å²) in [5.41, 5.74) is 6.72. The molecular weight excluding hydrogens is 254 g/mol. The average Bonchev–Trinajstić information content (AvgIpc) is 2.35. The van der Waals surface area contributed by atoms with Crippen LogP contribution in [0.25, 0.3) is 0 Å². The quantitative estimate of drug-likeness (QED) is 0.862. The number of nitrogens with two attached hydrogens (primary N) is 1. The standard InChI is InChI=1S/C15H21N3O2/c1-20-14-17-12(16)11(13(19)18-14)15-5-8-2-9(6-15)4-10(3-8)7-15/h8-10H,2-7H2,1H3,(H3,16,17,18,19). The maximum Gasteiger partial charge on any atom is 0.298 e. The summed E-state index contributed by atoms with van der Waals surface area (Å²) in [5, 5.41) is 0. The van der Waals surface area contributed by atoms with Crippen molar-refractivity contribution >= 4 is 5.82 Å². The first-order valence-corrected chi connectivity index (χ1v) is 7.54. The molecule has 20 heavy (non-hydrogen) atoms. The number of anilines is 1. The fourth-order valence-electron chi connectivity index (χ4n) is 5.50. The second-order valence-corrected chi connectivity index (χ2v) is 7.03. The topological polar surface area (TPSA) is 81.0 Å². The van der Waals surface area contributed by atoms with E-state index in [4.69, 9.17) is 10.5 Å². The van der Waals surface area contributed by atoms with Crippen LogP contribution >= 0.6 is 0 Å². The van der Waals surface area contributed by atoms with Crippen molar-refractivity contribution in [2.24, 2.45) is 17.8 Å². The number of hydrogen-bond donors (Lipinski definition) is 2. The maximum absolute atomic E-state index is 12.5. The minimum Gasteiger partial charge on any atom is -0.468 e. The average molecular weight is 275 g/mol. The Morgan fingerprint density at radius 2 is 1.75 bits per heavy atom. The molecule has 108 valence electrons.